The molecule has 1 N–H and O–H groups in total. The van der Waals surface area contributed by atoms with Crippen molar-refractivity contribution < 1.29 is 14.7 Å². The second-order valence-electron chi connectivity index (χ2n) is 5.58. The number of hydrogen-bond acceptors (Lipinski definition) is 4. The van der Waals surface area contributed by atoms with Crippen molar-refractivity contribution in [2.75, 3.05) is 12.2 Å². The summed E-state index contributed by atoms with van der Waals surface area (Å²) in [4.78, 5) is 0.423. The first-order valence-electron chi connectivity index (χ1n) is 7.85. The second-order valence-corrected chi connectivity index (χ2v) is 6.06. The third-order valence-electron chi connectivity index (χ3n) is 3.77. The van der Waals surface area contributed by atoms with E-state index in [-0.39, 0.29) is 0 Å². The highest BCUT2D eigenvalue weighted by atomic mass is 32.1. The Morgan fingerprint density at radius 1 is 1.17 bits per heavy atom. The van der Waals surface area contributed by atoms with Gasteiger partial charge in [-0.05, 0) is 38.0 Å². The van der Waals surface area contributed by atoms with E-state index in [9.17, 15) is 5.21 Å². The molecule has 0 heterocycles. The normalized spacial score (nSPS) is 10.4. The minimum Gasteiger partial charge on any atom is -0.494 e. The quantitative estimate of drug-likeness (QED) is 0.600. The summed E-state index contributed by atoms with van der Waals surface area (Å²) in [6, 6.07) is 11.6. The summed E-state index contributed by atoms with van der Waals surface area (Å²) in [5.74, 6) is 1.37. The van der Waals surface area contributed by atoms with Crippen LogP contribution in [0.4, 0.5) is 5.69 Å². The molecular weight excluding hydrogens is 322 g/mol. The van der Waals surface area contributed by atoms with Crippen LogP contribution in [0.3, 0.4) is 0 Å². The molecule has 0 radical (unpaired) electrons. The van der Waals surface area contributed by atoms with Crippen molar-refractivity contribution in [3.05, 3.63) is 53.1 Å². The molecule has 0 bridgehead atoms. The van der Waals surface area contributed by atoms with Gasteiger partial charge in [-0.1, -0.05) is 49.0 Å². The number of aryl methyl sites for hydroxylation is 2. The average Bonchev–Trinajstić information content (AvgIpc) is 2.59. The zero-order valence-corrected chi connectivity index (χ0v) is 15.3. The summed E-state index contributed by atoms with van der Waals surface area (Å²) < 4.78 is 11.3. The Balaban J connectivity index is 2.31. The van der Waals surface area contributed by atoms with Gasteiger partial charge >= 0.3 is 0 Å². The molecule has 0 aliphatic heterocycles. The van der Waals surface area contributed by atoms with Crippen LogP contribution in [-0.2, 0) is 6.61 Å². The molecule has 0 fully saturated rings. The number of benzene rings is 2. The molecule has 2 aromatic carbocycles. The lowest BCUT2D eigenvalue weighted by Crippen LogP contribution is -2.26. The second kappa shape index (κ2) is 8.13. The summed E-state index contributed by atoms with van der Waals surface area (Å²) >= 11 is 5.22. The number of nitrogens with zero attached hydrogens (tertiary/aromatic N) is 1. The lowest BCUT2D eigenvalue weighted by atomic mass is 10.1. The summed E-state index contributed by atoms with van der Waals surface area (Å²) in [6.07, 6.45) is 0.557. The highest BCUT2D eigenvalue weighted by Crippen LogP contribution is 2.33. The summed E-state index contributed by atoms with van der Waals surface area (Å²) in [7, 11) is 1.57. The first-order valence-corrected chi connectivity index (χ1v) is 8.26. The Labute approximate surface area is 148 Å². The Morgan fingerprint density at radius 3 is 2.54 bits per heavy atom. The summed E-state index contributed by atoms with van der Waals surface area (Å²) in [6.45, 7) is 6.26. The Morgan fingerprint density at radius 2 is 1.92 bits per heavy atom. The number of anilines is 1. The van der Waals surface area contributed by atoms with Crippen LogP contribution in [0, 0.1) is 13.8 Å². The average molecular weight is 345 g/mol. The van der Waals surface area contributed by atoms with Gasteiger partial charge in [-0.2, -0.15) is 0 Å². The van der Waals surface area contributed by atoms with Crippen molar-refractivity contribution in [1.82, 2.24) is 0 Å². The number of para-hydroxylation sites is 1. The molecule has 4 nitrogen and oxygen atoms in total. The van der Waals surface area contributed by atoms with Gasteiger partial charge in [0.15, 0.2) is 0 Å². The van der Waals surface area contributed by atoms with Gasteiger partial charge in [0.2, 0.25) is 0 Å². The van der Waals surface area contributed by atoms with E-state index >= 15 is 0 Å². The number of ether oxygens (including phenoxy) is 2. The van der Waals surface area contributed by atoms with Crippen molar-refractivity contribution in [3.8, 4) is 11.5 Å². The predicted octanol–water partition coefficient (Wildman–Crippen LogP) is 4.82. The van der Waals surface area contributed by atoms with E-state index in [0.717, 1.165) is 21.9 Å². The first-order chi connectivity index (χ1) is 11.5. The van der Waals surface area contributed by atoms with Crippen LogP contribution >= 0.6 is 12.2 Å². The van der Waals surface area contributed by atoms with Gasteiger partial charge in [0, 0.05) is 5.56 Å². The first kappa shape index (κ1) is 18.2. The van der Waals surface area contributed by atoms with E-state index in [2.05, 4.69) is 6.07 Å². The van der Waals surface area contributed by atoms with Crippen LogP contribution in [0.5, 0.6) is 11.5 Å². The fourth-order valence-electron chi connectivity index (χ4n) is 2.48. The lowest BCUT2D eigenvalue weighted by molar-refractivity contribution is 0.287. The molecule has 0 unspecified atom stereocenters. The number of hydroxylamine groups is 1. The van der Waals surface area contributed by atoms with E-state index < -0.39 is 0 Å². The van der Waals surface area contributed by atoms with Crippen LogP contribution < -0.4 is 14.5 Å². The maximum absolute atomic E-state index is 10.4. The van der Waals surface area contributed by atoms with Crippen molar-refractivity contribution in [3.63, 3.8) is 0 Å². The minimum absolute atomic E-state index is 0.305. The van der Waals surface area contributed by atoms with Crippen molar-refractivity contribution >= 4 is 22.9 Å². The van der Waals surface area contributed by atoms with E-state index in [1.165, 1.54) is 5.56 Å². The Hall–Kier alpha value is -2.11. The molecule has 0 saturated carbocycles. The van der Waals surface area contributed by atoms with E-state index in [1.54, 1.807) is 13.2 Å². The molecule has 0 amide bonds. The SMILES string of the molecule is CCC(=S)N(O)c1c(COc2ccc(C)cc2C)cccc1OC. The highest BCUT2D eigenvalue weighted by Gasteiger charge is 2.18. The molecule has 0 saturated heterocycles. The summed E-state index contributed by atoms with van der Waals surface area (Å²) in [5.41, 5.74) is 3.59. The molecule has 24 heavy (non-hydrogen) atoms. The third kappa shape index (κ3) is 4.04. The van der Waals surface area contributed by atoms with E-state index in [4.69, 9.17) is 21.7 Å². The fraction of sp³-hybridized carbons (Fsp3) is 0.316. The topological polar surface area (TPSA) is 41.9 Å². The molecular formula is C19H23NO3S. The van der Waals surface area contributed by atoms with Gasteiger partial charge in [0.25, 0.3) is 0 Å². The lowest BCUT2D eigenvalue weighted by Gasteiger charge is -2.23. The smallest absolute Gasteiger partial charge is 0.145 e. The maximum atomic E-state index is 10.4. The molecule has 2 aromatic rings. The number of methoxy groups -OCH3 is 1. The van der Waals surface area contributed by atoms with E-state index in [1.807, 2.05) is 45.0 Å². The zero-order valence-electron chi connectivity index (χ0n) is 14.5. The van der Waals surface area contributed by atoms with Gasteiger partial charge < -0.3 is 9.47 Å². The van der Waals surface area contributed by atoms with Crippen molar-refractivity contribution in [1.29, 1.82) is 0 Å². The molecule has 128 valence electrons. The monoisotopic (exact) mass is 345 g/mol. The number of rotatable bonds is 6. The van der Waals surface area contributed by atoms with Crippen LogP contribution in [0.25, 0.3) is 0 Å². The fourth-order valence-corrected chi connectivity index (χ4v) is 2.57. The van der Waals surface area contributed by atoms with Gasteiger partial charge in [-0.3, -0.25) is 5.21 Å². The van der Waals surface area contributed by atoms with Crippen molar-refractivity contribution in [2.24, 2.45) is 0 Å². The van der Waals surface area contributed by atoms with Gasteiger partial charge in [-0.15, -0.1) is 0 Å². The largest absolute Gasteiger partial charge is 0.494 e. The van der Waals surface area contributed by atoms with Crippen LogP contribution in [0.15, 0.2) is 36.4 Å². The molecule has 0 atom stereocenters. The summed E-state index contributed by atoms with van der Waals surface area (Å²) in [5, 5.41) is 11.4. The van der Waals surface area contributed by atoms with Crippen LogP contribution in [-0.4, -0.2) is 17.3 Å². The van der Waals surface area contributed by atoms with E-state index in [0.29, 0.717) is 29.5 Å². The van der Waals surface area contributed by atoms with Crippen LogP contribution in [0.2, 0.25) is 0 Å². The standard InChI is InChI=1S/C19H23NO3S/c1-5-18(24)20(21)19-15(7-6-8-17(19)22-4)12-23-16-10-9-13(2)11-14(16)3/h6-11,21H,5,12H2,1-4H3. The maximum Gasteiger partial charge on any atom is 0.145 e. The predicted molar refractivity (Wildman–Crippen MR) is 100 cm³/mol. The van der Waals surface area contributed by atoms with Crippen LogP contribution in [0.1, 0.15) is 30.0 Å². The van der Waals surface area contributed by atoms with Gasteiger partial charge in [0.05, 0.1) is 7.11 Å². The molecule has 0 spiro atoms. The number of hydrogen-bond donors (Lipinski definition) is 1. The molecule has 0 aliphatic rings. The molecule has 0 aromatic heterocycles. The van der Waals surface area contributed by atoms with Crippen molar-refractivity contribution in [2.45, 2.75) is 33.8 Å². The molecule has 5 heteroatoms. The highest BCUT2D eigenvalue weighted by molar-refractivity contribution is 7.80. The zero-order chi connectivity index (χ0) is 17.7. The van der Waals surface area contributed by atoms with Gasteiger partial charge in [-0.25, -0.2) is 5.06 Å². The molecule has 2 rings (SSSR count). The van der Waals surface area contributed by atoms with Gasteiger partial charge in [0.1, 0.15) is 28.8 Å². The number of thiocarbonyl (C=S) groups is 1. The minimum atomic E-state index is 0.305. The third-order valence-corrected chi connectivity index (χ3v) is 4.23. The Kier molecular flexibility index (Phi) is 6.17. The molecule has 0 aliphatic carbocycles. The Bertz CT molecular complexity index is 731.